The lowest BCUT2D eigenvalue weighted by Crippen LogP contribution is -2.77. The van der Waals surface area contributed by atoms with Crippen LogP contribution in [0, 0.1) is 55.7 Å². The number of carboxylic acid groups (broad SMARTS) is 1. The first-order valence-electron chi connectivity index (χ1n) is 20.0. The number of unbranched alkanes of at least 4 members (excludes halogenated alkanes) is 3. The van der Waals surface area contributed by atoms with Crippen LogP contribution in [0.1, 0.15) is 143 Å². The van der Waals surface area contributed by atoms with Crippen LogP contribution in [0.5, 0.6) is 0 Å². The number of hydrogen-bond acceptors (Lipinski definition) is 5. The van der Waals surface area contributed by atoms with Gasteiger partial charge in [0.2, 0.25) is 0 Å². The third-order valence-electron chi connectivity index (χ3n) is 18.0. The van der Waals surface area contributed by atoms with Gasteiger partial charge < -0.3 is 25.2 Å². The molecule has 0 radical (unpaired) electrons. The summed E-state index contributed by atoms with van der Waals surface area (Å²) >= 11 is 0. The van der Waals surface area contributed by atoms with Gasteiger partial charge in [0.05, 0.1) is 24.2 Å². The van der Waals surface area contributed by atoms with E-state index in [2.05, 4.69) is 58.9 Å². The first-order valence-corrected chi connectivity index (χ1v) is 20.0. The van der Waals surface area contributed by atoms with E-state index in [1.165, 1.54) is 25.7 Å². The Hall–Kier alpha value is -1.47. The minimum atomic E-state index is -1.42. The van der Waals surface area contributed by atoms with Crippen LogP contribution >= 0.6 is 0 Å². The fourth-order valence-electron chi connectivity index (χ4n) is 15.2. The Morgan fingerprint density at radius 2 is 1.57 bits per heavy atom. The molecule has 13 atom stereocenters. The lowest BCUT2D eigenvalue weighted by atomic mass is 9.25. The van der Waals surface area contributed by atoms with Crippen molar-refractivity contribution >= 4 is 5.97 Å². The van der Waals surface area contributed by atoms with Gasteiger partial charge in [0.1, 0.15) is 0 Å². The van der Waals surface area contributed by atoms with Crippen molar-refractivity contribution in [3.05, 3.63) is 35.9 Å². The lowest BCUT2D eigenvalue weighted by molar-refractivity contribution is -0.336. The summed E-state index contributed by atoms with van der Waals surface area (Å²) in [7, 11) is 0. The molecule has 0 amide bonds. The smallest absolute Gasteiger partial charge is 0.309 e. The van der Waals surface area contributed by atoms with E-state index in [0.717, 1.165) is 69.8 Å². The maximum Gasteiger partial charge on any atom is 0.309 e. The van der Waals surface area contributed by atoms with Gasteiger partial charge in [-0.15, -0.1) is 0 Å². The fourth-order valence-corrected chi connectivity index (χ4v) is 15.2. The Labute approximate surface area is 295 Å². The highest BCUT2D eigenvalue weighted by Crippen LogP contribution is 2.84. The van der Waals surface area contributed by atoms with E-state index >= 15 is 0 Å². The second kappa shape index (κ2) is 11.8. The van der Waals surface area contributed by atoms with Crippen molar-refractivity contribution in [2.24, 2.45) is 55.7 Å². The van der Waals surface area contributed by atoms with E-state index < -0.39 is 34.1 Å². The van der Waals surface area contributed by atoms with E-state index in [-0.39, 0.29) is 52.6 Å². The third-order valence-corrected chi connectivity index (χ3v) is 18.0. The third kappa shape index (κ3) is 4.48. The summed E-state index contributed by atoms with van der Waals surface area (Å²) < 4.78 is 6.76. The number of aliphatic carboxylic acids is 1. The topological polar surface area (TPSA) is 107 Å². The van der Waals surface area contributed by atoms with Gasteiger partial charge in [0.15, 0.2) is 5.79 Å². The molecule has 1 aromatic carbocycles. The molecule has 1 heterocycles. The van der Waals surface area contributed by atoms with Gasteiger partial charge in [-0.1, -0.05) is 90.6 Å². The number of aliphatic hydroxyl groups excluding tert-OH is 2. The van der Waals surface area contributed by atoms with Crippen molar-refractivity contribution in [3.63, 3.8) is 0 Å². The van der Waals surface area contributed by atoms with Crippen molar-refractivity contribution in [1.29, 1.82) is 0 Å². The van der Waals surface area contributed by atoms with Gasteiger partial charge in [-0.3, -0.25) is 4.79 Å². The monoisotopic (exact) mass is 678 g/mol. The predicted molar refractivity (Wildman–Crippen MR) is 191 cm³/mol. The molecule has 0 aromatic heterocycles. The molecular formula is C43H66O6. The van der Waals surface area contributed by atoms with Gasteiger partial charge in [-0.05, 0) is 117 Å². The zero-order chi connectivity index (χ0) is 35.3. The summed E-state index contributed by atoms with van der Waals surface area (Å²) in [6, 6.07) is 10.4. The van der Waals surface area contributed by atoms with Crippen LogP contribution < -0.4 is 0 Å². The average Bonchev–Trinajstić information content (AvgIpc) is 3.20. The Morgan fingerprint density at radius 3 is 2.24 bits per heavy atom. The van der Waals surface area contributed by atoms with Crippen LogP contribution in [-0.4, -0.2) is 51.0 Å². The number of carbonyl (C=O) groups is 1. The van der Waals surface area contributed by atoms with Crippen molar-refractivity contribution < 1.29 is 30.0 Å². The molecule has 7 rings (SSSR count). The largest absolute Gasteiger partial charge is 0.481 e. The minimum absolute atomic E-state index is 0.0117. The molecule has 5 aliphatic carbocycles. The van der Waals surface area contributed by atoms with Crippen LogP contribution in [0.4, 0.5) is 0 Å². The molecule has 5 saturated carbocycles. The first kappa shape index (κ1) is 35.9. The standard InChI is InChI=1S/C43H66O6/c1-7-8-9-13-17-40-24-23-39(6)31(38(40,5)22-21-36(3)19-20-37(4,35(46)47)26-32(36)40)16-18-41-29(2)43(48,27-33(45)42(39,41)28-44)49-34(41)25-30-14-11-10-12-15-30/h10-12,14-15,29,31-34,44-45,48H,7-9,13,16-28H2,1-6H3,(H,46,47)/t29-,31-,32?,33+,34-,36+,37-,38-,39+,40+,41-,42+,43+/m1/s1. The van der Waals surface area contributed by atoms with E-state index in [0.29, 0.717) is 12.3 Å². The zero-order valence-electron chi connectivity index (χ0n) is 31.4. The Balaban J connectivity index is 1.36. The van der Waals surface area contributed by atoms with E-state index in [9.17, 15) is 25.2 Å². The molecule has 1 aromatic rings. The zero-order valence-corrected chi connectivity index (χ0v) is 31.4. The maximum atomic E-state index is 12.9. The van der Waals surface area contributed by atoms with Crippen LogP contribution in [-0.2, 0) is 16.0 Å². The lowest BCUT2D eigenvalue weighted by Gasteiger charge is -2.78. The molecule has 1 saturated heterocycles. The minimum Gasteiger partial charge on any atom is -0.481 e. The second-order valence-electron chi connectivity index (χ2n) is 19.4. The highest BCUT2D eigenvalue weighted by Gasteiger charge is 2.83. The summed E-state index contributed by atoms with van der Waals surface area (Å²) in [6.07, 6.45) is 13.9. The Morgan fingerprint density at radius 1 is 0.878 bits per heavy atom. The van der Waals surface area contributed by atoms with Gasteiger partial charge in [-0.25, -0.2) is 0 Å². The van der Waals surface area contributed by atoms with E-state index in [1.807, 2.05) is 13.0 Å². The van der Waals surface area contributed by atoms with Gasteiger partial charge in [0, 0.05) is 23.2 Å². The maximum absolute atomic E-state index is 12.9. The van der Waals surface area contributed by atoms with Gasteiger partial charge >= 0.3 is 5.97 Å². The number of carboxylic acids is 1. The molecule has 274 valence electrons. The molecule has 6 heteroatoms. The normalized spacial score (nSPS) is 51.7. The van der Waals surface area contributed by atoms with Crippen LogP contribution in [0.25, 0.3) is 0 Å². The summed E-state index contributed by atoms with van der Waals surface area (Å²) in [6.45, 7) is 13.8. The molecule has 6 nitrogen and oxygen atoms in total. The molecule has 6 aliphatic rings. The number of aliphatic hydroxyl groups is 3. The van der Waals surface area contributed by atoms with Crippen molar-refractivity contribution in [1.82, 2.24) is 0 Å². The number of fused-ring (bicyclic) bond motifs is 7. The second-order valence-corrected chi connectivity index (χ2v) is 19.4. The van der Waals surface area contributed by atoms with Crippen molar-refractivity contribution in [3.8, 4) is 0 Å². The summed E-state index contributed by atoms with van der Waals surface area (Å²) in [5, 5.41) is 47.2. The van der Waals surface area contributed by atoms with Crippen LogP contribution in [0.15, 0.2) is 30.3 Å². The molecule has 6 fully saturated rings. The summed E-state index contributed by atoms with van der Waals surface area (Å²) in [5.41, 5.74) is -1.24. The molecule has 1 spiro atoms. The average molecular weight is 679 g/mol. The quantitative estimate of drug-likeness (QED) is 0.195. The van der Waals surface area contributed by atoms with E-state index in [1.54, 1.807) is 0 Å². The van der Waals surface area contributed by atoms with Crippen LogP contribution in [0.2, 0.25) is 0 Å². The van der Waals surface area contributed by atoms with Gasteiger partial charge in [0.25, 0.3) is 0 Å². The van der Waals surface area contributed by atoms with Crippen molar-refractivity contribution in [2.45, 2.75) is 162 Å². The van der Waals surface area contributed by atoms with Crippen molar-refractivity contribution in [2.75, 3.05) is 6.61 Å². The number of hydrogen-bond donors (Lipinski definition) is 4. The summed E-state index contributed by atoms with van der Waals surface area (Å²) in [4.78, 5) is 12.9. The highest BCUT2D eigenvalue weighted by atomic mass is 16.6. The van der Waals surface area contributed by atoms with Crippen LogP contribution in [0.3, 0.4) is 0 Å². The molecule has 49 heavy (non-hydrogen) atoms. The number of ether oxygens (including phenoxy) is 1. The van der Waals surface area contributed by atoms with Gasteiger partial charge in [-0.2, -0.15) is 0 Å². The SMILES string of the molecule is CCCCCC[C@@]12CC[C@@]3(C)[C@H](CC[C@]45[C@@H](C)[C@](O)(C[C@H](O)[C@]43CO)O[C@@H]5Cc3ccccc3)[C@@]1(C)CC[C@]1(C)CC[C@@](C)(C(=O)O)CC12. The fraction of sp³-hybridized carbons (Fsp3) is 0.837. The number of benzene rings is 1. The van der Waals surface area contributed by atoms with E-state index in [4.69, 9.17) is 4.74 Å². The molecule has 1 unspecified atom stereocenters. The number of rotatable bonds is 9. The molecular weight excluding hydrogens is 612 g/mol. The molecule has 1 aliphatic heterocycles. The Kier molecular flexibility index (Phi) is 8.63. The molecule has 2 bridgehead atoms. The molecule has 4 N–H and O–H groups in total. The summed E-state index contributed by atoms with van der Waals surface area (Å²) in [5.74, 6) is -1.68. The highest BCUT2D eigenvalue weighted by molar-refractivity contribution is 5.74. The predicted octanol–water partition coefficient (Wildman–Crippen LogP) is 8.55. The first-order chi connectivity index (χ1) is 23.1. The Bertz CT molecular complexity index is 1420.